The van der Waals surface area contributed by atoms with Crippen molar-refractivity contribution < 1.29 is 23.4 Å². The van der Waals surface area contributed by atoms with Crippen molar-refractivity contribution in [2.75, 3.05) is 13.1 Å². The number of benzene rings is 2. The summed E-state index contributed by atoms with van der Waals surface area (Å²) in [5, 5.41) is 10.7. The van der Waals surface area contributed by atoms with Gasteiger partial charge in [-0.05, 0) is 56.7 Å². The van der Waals surface area contributed by atoms with E-state index in [-0.39, 0.29) is 11.9 Å². The van der Waals surface area contributed by atoms with Crippen molar-refractivity contribution in [3.63, 3.8) is 0 Å². The van der Waals surface area contributed by atoms with Crippen molar-refractivity contribution in [2.24, 2.45) is 0 Å². The average molecular weight is 491 g/mol. The molecule has 0 aliphatic carbocycles. The van der Waals surface area contributed by atoms with Crippen LogP contribution in [0.5, 0.6) is 0 Å². The maximum atomic E-state index is 15.4. The maximum Gasteiger partial charge on any atom is 0.219 e. The van der Waals surface area contributed by atoms with Gasteiger partial charge in [0.15, 0.2) is 0 Å². The first-order valence-corrected chi connectivity index (χ1v) is 13.5. The molecule has 2 aromatic rings. The van der Waals surface area contributed by atoms with Crippen LogP contribution < -0.4 is 0 Å². The highest BCUT2D eigenvalue weighted by Crippen LogP contribution is 2.65. The zero-order valence-corrected chi connectivity index (χ0v) is 20.8. The van der Waals surface area contributed by atoms with Crippen molar-refractivity contribution in [1.29, 1.82) is 0 Å². The molecule has 2 aliphatic rings. The topological polar surface area (TPSA) is 84.2 Å². The van der Waals surface area contributed by atoms with Crippen LogP contribution in [-0.2, 0) is 10.4 Å². The Morgan fingerprint density at radius 1 is 1.12 bits per heavy atom. The van der Waals surface area contributed by atoms with Crippen LogP contribution in [0.25, 0.3) is 0 Å². The molecule has 0 bridgehead atoms. The summed E-state index contributed by atoms with van der Waals surface area (Å²) in [7, 11) is -3.21. The molecule has 0 aromatic heterocycles. The number of likely N-dealkylation sites (tertiary alicyclic amines) is 1. The van der Waals surface area contributed by atoms with Gasteiger partial charge < -0.3 is 10.0 Å². The lowest BCUT2D eigenvalue weighted by Gasteiger charge is -2.56. The van der Waals surface area contributed by atoms with Crippen LogP contribution in [0.15, 0.2) is 48.5 Å². The second-order valence-corrected chi connectivity index (χ2v) is 11.8. The van der Waals surface area contributed by atoms with E-state index in [1.54, 1.807) is 28.3 Å². The van der Waals surface area contributed by atoms with Gasteiger partial charge in [0, 0.05) is 31.6 Å². The summed E-state index contributed by atoms with van der Waals surface area (Å²) in [5.74, 6) is -0.502. The molecule has 3 N–H and O–H groups in total. The van der Waals surface area contributed by atoms with Gasteiger partial charge in [-0.1, -0.05) is 42.5 Å². The van der Waals surface area contributed by atoms with Crippen LogP contribution >= 0.6 is 10.8 Å². The Balaban J connectivity index is 1.59. The highest BCUT2D eigenvalue weighted by Gasteiger charge is 2.44. The fourth-order valence-corrected chi connectivity index (χ4v) is 7.98. The lowest BCUT2D eigenvalue weighted by molar-refractivity contribution is -0.133. The van der Waals surface area contributed by atoms with E-state index in [2.05, 4.69) is 0 Å². The third kappa shape index (κ3) is 4.62. The number of carbonyl (C=O) groups excluding carboxylic acids is 1. The van der Waals surface area contributed by atoms with Gasteiger partial charge in [-0.25, -0.2) is 4.39 Å². The third-order valence-electron chi connectivity index (χ3n) is 7.55. The number of hydrogen-bond acceptors (Lipinski definition) is 5. The van der Waals surface area contributed by atoms with Crippen molar-refractivity contribution in [3.05, 3.63) is 71.0 Å². The summed E-state index contributed by atoms with van der Waals surface area (Å²) in [4.78, 5) is 13.3. The lowest BCUT2D eigenvalue weighted by atomic mass is 9.83. The van der Waals surface area contributed by atoms with Gasteiger partial charge in [0.2, 0.25) is 5.91 Å². The van der Waals surface area contributed by atoms with E-state index in [0.29, 0.717) is 43.5 Å². The van der Waals surface area contributed by atoms with Gasteiger partial charge in [-0.3, -0.25) is 13.9 Å². The number of amides is 1. The molecule has 2 heterocycles. The van der Waals surface area contributed by atoms with E-state index in [1.807, 2.05) is 37.3 Å². The molecule has 2 aliphatic heterocycles. The van der Waals surface area contributed by atoms with Crippen LogP contribution in [0.2, 0.25) is 0 Å². The Bertz CT molecular complexity index is 1030. The molecule has 3 atom stereocenters. The Labute approximate surface area is 202 Å². The lowest BCUT2D eigenvalue weighted by Crippen LogP contribution is -2.44. The number of piperidine rings is 1. The highest BCUT2D eigenvalue weighted by atomic mass is 32.3. The fourth-order valence-electron chi connectivity index (χ4n) is 5.49. The molecule has 0 saturated carbocycles. The second kappa shape index (κ2) is 9.59. The molecule has 0 spiro atoms. The minimum atomic E-state index is -3.21. The minimum absolute atomic E-state index is 0.0270. The first kappa shape index (κ1) is 25.1. The van der Waals surface area contributed by atoms with Crippen LogP contribution in [0.3, 0.4) is 0 Å². The summed E-state index contributed by atoms with van der Waals surface area (Å²) in [6.45, 7) is 6.12. The van der Waals surface area contributed by atoms with Crippen LogP contribution in [0.4, 0.5) is 4.39 Å². The number of rotatable bonds is 4. The Morgan fingerprint density at radius 2 is 1.76 bits per heavy atom. The molecule has 2 aromatic carbocycles. The van der Waals surface area contributed by atoms with Gasteiger partial charge in [-0.15, -0.1) is 10.8 Å². The smallest absolute Gasteiger partial charge is 0.219 e. The van der Waals surface area contributed by atoms with Crippen molar-refractivity contribution >= 4 is 16.7 Å². The number of hydrogen-bond donors (Lipinski definition) is 3. The minimum Gasteiger partial charge on any atom is -0.385 e. The van der Waals surface area contributed by atoms with Crippen molar-refractivity contribution in [3.8, 4) is 0 Å². The van der Waals surface area contributed by atoms with Crippen molar-refractivity contribution in [1.82, 2.24) is 9.21 Å². The van der Waals surface area contributed by atoms with E-state index < -0.39 is 33.5 Å². The molecular weight excluding hydrogens is 455 g/mol. The predicted octanol–water partition coefficient (Wildman–Crippen LogP) is 5.61. The zero-order valence-electron chi connectivity index (χ0n) is 20.0. The van der Waals surface area contributed by atoms with E-state index >= 15 is 4.39 Å². The summed E-state index contributed by atoms with van der Waals surface area (Å²) >= 11 is 0. The van der Waals surface area contributed by atoms with Gasteiger partial charge in [0.05, 0.1) is 16.9 Å². The fraction of sp³-hybridized carbons (Fsp3) is 0.500. The first-order chi connectivity index (χ1) is 16.0. The predicted molar refractivity (Wildman–Crippen MR) is 133 cm³/mol. The Morgan fingerprint density at radius 3 is 2.35 bits per heavy atom. The van der Waals surface area contributed by atoms with Gasteiger partial charge in [-0.2, -0.15) is 4.31 Å². The molecule has 34 heavy (non-hydrogen) atoms. The number of aliphatic hydroxyl groups is 1. The second-order valence-electron chi connectivity index (χ2n) is 9.70. The summed E-state index contributed by atoms with van der Waals surface area (Å²) < 4.78 is 39.9. The maximum absolute atomic E-state index is 15.4. The molecule has 4 rings (SSSR count). The average Bonchev–Trinajstić information content (AvgIpc) is 2.79. The summed E-state index contributed by atoms with van der Waals surface area (Å²) in [5.41, 5.74) is 0.550. The molecule has 186 valence electrons. The molecule has 1 amide bonds. The van der Waals surface area contributed by atoms with E-state index in [9.17, 15) is 19.0 Å². The highest BCUT2D eigenvalue weighted by molar-refractivity contribution is 8.22. The molecule has 2 fully saturated rings. The van der Waals surface area contributed by atoms with Gasteiger partial charge >= 0.3 is 0 Å². The summed E-state index contributed by atoms with van der Waals surface area (Å²) in [6, 6.07) is 13.6. The SMILES string of the molecule is CC(=O)N1CCC(O)(c2ccc(C(C)N3[C@@H](C)CC[C@H](c4ccccc4)S3(O)O)c(F)c2)CC1. The third-order valence-corrected chi connectivity index (χ3v) is 10.1. The van der Waals surface area contributed by atoms with E-state index in [0.717, 1.165) is 12.0 Å². The largest absolute Gasteiger partial charge is 0.385 e. The molecule has 2 saturated heterocycles. The van der Waals surface area contributed by atoms with Crippen LogP contribution in [0, 0.1) is 5.82 Å². The molecule has 0 radical (unpaired) electrons. The van der Waals surface area contributed by atoms with Crippen LogP contribution in [-0.4, -0.2) is 48.5 Å². The monoisotopic (exact) mass is 490 g/mol. The molecule has 8 heteroatoms. The Kier molecular flexibility index (Phi) is 7.09. The van der Waals surface area contributed by atoms with Crippen LogP contribution in [0.1, 0.15) is 74.4 Å². The molecule has 6 nitrogen and oxygen atoms in total. The van der Waals surface area contributed by atoms with Gasteiger partial charge in [0.25, 0.3) is 0 Å². The van der Waals surface area contributed by atoms with E-state index in [1.165, 1.54) is 13.0 Å². The van der Waals surface area contributed by atoms with Crippen molar-refractivity contribution in [2.45, 2.75) is 69.4 Å². The number of nitrogens with zero attached hydrogens (tertiary/aromatic N) is 2. The number of halogens is 1. The molecular formula is C26H35FN2O4S. The standard InChI is InChI=1S/C26H35FN2O4S/c1-18-9-12-25(21-7-5-4-6-8-21)34(32,33)29(18)19(2)23-11-10-22(17-24(23)27)26(31)13-15-28(16-14-26)20(3)30/h4-8,10-11,17-19,25,31-33H,9,12-16H2,1-3H3/t18-,19?,25+/m0/s1. The van der Waals surface area contributed by atoms with Gasteiger partial charge in [0.1, 0.15) is 5.82 Å². The Hall–Kier alpha value is -1.97. The zero-order chi connectivity index (χ0) is 24.7. The number of carbonyl (C=O) groups is 1. The molecule has 1 unspecified atom stereocenters. The summed E-state index contributed by atoms with van der Waals surface area (Å²) in [6.07, 6.45) is 2.13. The quantitative estimate of drug-likeness (QED) is 0.519. The normalized spacial score (nSPS) is 26.6. The van der Waals surface area contributed by atoms with E-state index in [4.69, 9.17) is 0 Å². The first-order valence-electron chi connectivity index (χ1n) is 11.9.